The van der Waals surface area contributed by atoms with Crippen molar-refractivity contribution in [3.05, 3.63) is 76.2 Å². The molecule has 8 heteroatoms. The molecule has 1 aliphatic heterocycles. The number of aromatic nitrogens is 2. The molecule has 4 rings (SSSR count). The van der Waals surface area contributed by atoms with Gasteiger partial charge in [0, 0.05) is 11.9 Å². The van der Waals surface area contributed by atoms with Gasteiger partial charge in [-0.2, -0.15) is 5.10 Å². The Morgan fingerprint density at radius 3 is 2.48 bits per heavy atom. The van der Waals surface area contributed by atoms with Crippen LogP contribution < -0.4 is 5.56 Å². The van der Waals surface area contributed by atoms with Gasteiger partial charge in [-0.3, -0.25) is 9.59 Å². The SMILES string of the molecule is O=C(O)[C@H]1CN(C(=O)c2nn(Cc3ccccc3)c(=O)c3ccccc23)CCO1. The Hall–Kier alpha value is -3.52. The van der Waals surface area contributed by atoms with Crippen LogP contribution in [-0.4, -0.2) is 57.5 Å². The summed E-state index contributed by atoms with van der Waals surface area (Å²) in [5.74, 6) is -1.54. The van der Waals surface area contributed by atoms with Crippen molar-refractivity contribution >= 4 is 22.6 Å². The first-order chi connectivity index (χ1) is 14.0. The Morgan fingerprint density at radius 2 is 1.76 bits per heavy atom. The summed E-state index contributed by atoms with van der Waals surface area (Å²) >= 11 is 0. The molecule has 0 radical (unpaired) electrons. The summed E-state index contributed by atoms with van der Waals surface area (Å²) in [5, 5.41) is 14.4. The second kappa shape index (κ2) is 7.84. The summed E-state index contributed by atoms with van der Waals surface area (Å²) in [5.41, 5.74) is 0.724. The maximum atomic E-state index is 13.2. The fraction of sp³-hybridized carbons (Fsp3) is 0.238. The van der Waals surface area contributed by atoms with Crippen LogP contribution in [0, 0.1) is 0 Å². The Bertz CT molecular complexity index is 1130. The molecule has 148 valence electrons. The van der Waals surface area contributed by atoms with Crippen LogP contribution in [0.4, 0.5) is 0 Å². The Morgan fingerprint density at radius 1 is 1.07 bits per heavy atom. The summed E-state index contributed by atoms with van der Waals surface area (Å²) in [7, 11) is 0. The van der Waals surface area contributed by atoms with Gasteiger partial charge in [-0.1, -0.05) is 48.5 Å². The fourth-order valence-electron chi connectivity index (χ4n) is 3.39. The first-order valence-electron chi connectivity index (χ1n) is 9.22. The van der Waals surface area contributed by atoms with Crippen molar-refractivity contribution in [3.63, 3.8) is 0 Å². The minimum atomic E-state index is -1.12. The lowest BCUT2D eigenvalue weighted by atomic mass is 10.1. The summed E-state index contributed by atoms with van der Waals surface area (Å²) in [4.78, 5) is 38.8. The number of hydrogen-bond acceptors (Lipinski definition) is 5. The molecule has 1 aromatic heterocycles. The van der Waals surface area contributed by atoms with E-state index in [1.165, 1.54) is 9.58 Å². The molecule has 29 heavy (non-hydrogen) atoms. The summed E-state index contributed by atoms with van der Waals surface area (Å²) in [6, 6.07) is 16.2. The third-order valence-corrected chi connectivity index (χ3v) is 4.87. The highest BCUT2D eigenvalue weighted by Crippen LogP contribution is 2.17. The molecule has 0 spiro atoms. The van der Waals surface area contributed by atoms with Gasteiger partial charge in [-0.25, -0.2) is 9.48 Å². The van der Waals surface area contributed by atoms with Crippen molar-refractivity contribution in [3.8, 4) is 0 Å². The molecular formula is C21H19N3O5. The zero-order chi connectivity index (χ0) is 20.4. The number of benzene rings is 2. The monoisotopic (exact) mass is 393 g/mol. The van der Waals surface area contributed by atoms with Gasteiger partial charge < -0.3 is 14.7 Å². The lowest BCUT2D eigenvalue weighted by Crippen LogP contribution is -2.49. The summed E-state index contributed by atoms with van der Waals surface area (Å²) < 4.78 is 6.47. The van der Waals surface area contributed by atoms with Crippen LogP contribution in [0.5, 0.6) is 0 Å². The number of aliphatic carboxylic acids is 1. The summed E-state index contributed by atoms with van der Waals surface area (Å²) in [6.07, 6.45) is -1.07. The molecule has 0 bridgehead atoms. The minimum absolute atomic E-state index is 0.0675. The van der Waals surface area contributed by atoms with Gasteiger partial charge in [0.1, 0.15) is 0 Å². The van der Waals surface area contributed by atoms with Crippen LogP contribution >= 0.6 is 0 Å². The van der Waals surface area contributed by atoms with Crippen LogP contribution in [0.25, 0.3) is 10.8 Å². The maximum Gasteiger partial charge on any atom is 0.334 e. The quantitative estimate of drug-likeness (QED) is 0.718. The van der Waals surface area contributed by atoms with Crippen molar-refractivity contribution in [2.24, 2.45) is 0 Å². The second-order valence-corrected chi connectivity index (χ2v) is 6.79. The molecule has 1 atom stereocenters. The third kappa shape index (κ3) is 3.74. The molecule has 8 nitrogen and oxygen atoms in total. The first-order valence-corrected chi connectivity index (χ1v) is 9.22. The predicted molar refractivity (Wildman–Crippen MR) is 105 cm³/mol. The van der Waals surface area contributed by atoms with E-state index in [0.29, 0.717) is 10.8 Å². The van der Waals surface area contributed by atoms with Gasteiger partial charge in [-0.15, -0.1) is 0 Å². The molecule has 1 fully saturated rings. The number of carboxylic acid groups (broad SMARTS) is 1. The molecule has 1 amide bonds. The average molecular weight is 393 g/mol. The van der Waals surface area contributed by atoms with Crippen molar-refractivity contribution in [1.29, 1.82) is 0 Å². The largest absolute Gasteiger partial charge is 0.479 e. The van der Waals surface area contributed by atoms with E-state index in [4.69, 9.17) is 4.74 Å². The number of carbonyl (C=O) groups is 2. The number of ether oxygens (including phenoxy) is 1. The lowest BCUT2D eigenvalue weighted by Gasteiger charge is -2.30. The van der Waals surface area contributed by atoms with Crippen molar-refractivity contribution in [2.45, 2.75) is 12.6 Å². The molecule has 0 unspecified atom stereocenters. The van der Waals surface area contributed by atoms with Crippen LogP contribution in [0.2, 0.25) is 0 Å². The molecule has 1 aliphatic rings. The Balaban J connectivity index is 1.77. The highest BCUT2D eigenvalue weighted by Gasteiger charge is 2.31. The predicted octanol–water partition coefficient (Wildman–Crippen LogP) is 1.37. The van der Waals surface area contributed by atoms with E-state index in [-0.39, 0.29) is 37.5 Å². The average Bonchev–Trinajstić information content (AvgIpc) is 2.76. The van der Waals surface area contributed by atoms with Crippen molar-refractivity contribution < 1.29 is 19.4 Å². The smallest absolute Gasteiger partial charge is 0.334 e. The fourth-order valence-corrected chi connectivity index (χ4v) is 3.39. The maximum absolute atomic E-state index is 13.2. The van der Waals surface area contributed by atoms with Crippen LogP contribution in [-0.2, 0) is 16.1 Å². The zero-order valence-corrected chi connectivity index (χ0v) is 15.5. The highest BCUT2D eigenvalue weighted by molar-refractivity contribution is 6.05. The van der Waals surface area contributed by atoms with Crippen LogP contribution in [0.1, 0.15) is 16.1 Å². The van der Waals surface area contributed by atoms with Crippen LogP contribution in [0.15, 0.2) is 59.4 Å². The molecule has 2 heterocycles. The zero-order valence-electron chi connectivity index (χ0n) is 15.5. The first kappa shape index (κ1) is 18.8. The van der Waals surface area contributed by atoms with E-state index in [0.717, 1.165) is 5.56 Å². The molecule has 1 saturated heterocycles. The van der Waals surface area contributed by atoms with Gasteiger partial charge in [0.15, 0.2) is 11.8 Å². The number of amides is 1. The van der Waals surface area contributed by atoms with E-state index in [1.807, 2.05) is 30.3 Å². The van der Waals surface area contributed by atoms with E-state index in [1.54, 1.807) is 24.3 Å². The number of carboxylic acids is 1. The highest BCUT2D eigenvalue weighted by atomic mass is 16.5. The molecule has 0 saturated carbocycles. The molecular weight excluding hydrogens is 374 g/mol. The molecule has 1 N–H and O–H groups in total. The van der Waals surface area contributed by atoms with Gasteiger partial charge in [0.2, 0.25) is 0 Å². The molecule has 2 aromatic carbocycles. The van der Waals surface area contributed by atoms with Crippen molar-refractivity contribution in [1.82, 2.24) is 14.7 Å². The van der Waals surface area contributed by atoms with Gasteiger partial charge in [0.25, 0.3) is 11.5 Å². The van der Waals surface area contributed by atoms with Crippen LogP contribution in [0.3, 0.4) is 0 Å². The lowest BCUT2D eigenvalue weighted by molar-refractivity contribution is -0.154. The Kier molecular flexibility index (Phi) is 5.09. The molecule has 0 aliphatic carbocycles. The Labute approximate surface area is 165 Å². The number of rotatable bonds is 4. The number of nitrogens with zero attached hydrogens (tertiary/aromatic N) is 3. The van der Waals surface area contributed by atoms with Gasteiger partial charge in [0.05, 0.1) is 25.1 Å². The summed E-state index contributed by atoms with van der Waals surface area (Å²) in [6.45, 7) is 0.550. The third-order valence-electron chi connectivity index (χ3n) is 4.87. The van der Waals surface area contributed by atoms with Gasteiger partial charge in [-0.05, 0) is 11.6 Å². The van der Waals surface area contributed by atoms with E-state index in [2.05, 4.69) is 5.10 Å². The van der Waals surface area contributed by atoms with E-state index >= 15 is 0 Å². The van der Waals surface area contributed by atoms with Crippen molar-refractivity contribution in [2.75, 3.05) is 19.7 Å². The number of hydrogen-bond donors (Lipinski definition) is 1. The van der Waals surface area contributed by atoms with E-state index in [9.17, 15) is 19.5 Å². The normalized spacial score (nSPS) is 16.7. The standard InChI is InChI=1S/C21H19N3O5/c25-19-16-9-5-4-8-15(16)18(22-24(19)12-14-6-2-1-3-7-14)20(26)23-10-11-29-17(13-23)21(27)28/h1-9,17H,10-13H2,(H,27,28)/t17-/m1/s1. The minimum Gasteiger partial charge on any atom is -0.479 e. The number of fused-ring (bicyclic) bond motifs is 1. The van der Waals surface area contributed by atoms with Gasteiger partial charge >= 0.3 is 5.97 Å². The number of carbonyl (C=O) groups excluding carboxylic acids is 1. The number of morpholine rings is 1. The topological polar surface area (TPSA) is 102 Å². The molecule has 3 aromatic rings. The van der Waals surface area contributed by atoms with E-state index < -0.39 is 18.0 Å². The second-order valence-electron chi connectivity index (χ2n) is 6.79.